The molecule has 0 spiro atoms. The molecule has 2 rings (SSSR count). The van der Waals surface area contributed by atoms with Gasteiger partial charge in [-0.25, -0.2) is 0 Å². The second kappa shape index (κ2) is 10.6. The van der Waals surface area contributed by atoms with Gasteiger partial charge >= 0.3 is 0 Å². The Bertz CT molecular complexity index is 699. The summed E-state index contributed by atoms with van der Waals surface area (Å²) in [5.74, 6) is 2.03. The molecule has 136 valence electrons. The first-order chi connectivity index (χ1) is 12.2. The molecule has 0 bridgehead atoms. The first-order valence-electron chi connectivity index (χ1n) is 8.09. The van der Waals surface area contributed by atoms with E-state index in [4.69, 9.17) is 0 Å². The molecule has 0 aliphatic heterocycles. The summed E-state index contributed by atoms with van der Waals surface area (Å²) in [5, 5.41) is 20.4. The zero-order valence-corrected chi connectivity index (χ0v) is 16.8. The van der Waals surface area contributed by atoms with E-state index in [0.29, 0.717) is 11.7 Å². The van der Waals surface area contributed by atoms with Crippen molar-refractivity contribution < 1.29 is 4.79 Å². The first kappa shape index (κ1) is 19.9. The number of anilines is 1. The Balaban J connectivity index is 1.85. The van der Waals surface area contributed by atoms with Gasteiger partial charge in [-0.3, -0.25) is 10.1 Å². The van der Waals surface area contributed by atoms with Crippen LogP contribution in [-0.4, -0.2) is 42.4 Å². The molecule has 25 heavy (non-hydrogen) atoms. The summed E-state index contributed by atoms with van der Waals surface area (Å²) in [5.41, 5.74) is 0. The van der Waals surface area contributed by atoms with Crippen molar-refractivity contribution in [3.63, 3.8) is 0 Å². The summed E-state index contributed by atoms with van der Waals surface area (Å²) >= 11 is 4.43. The maximum absolute atomic E-state index is 12.1. The minimum atomic E-state index is -0.127. The minimum Gasteiger partial charge on any atom is -0.302 e. The van der Waals surface area contributed by atoms with Crippen LogP contribution in [0.2, 0.25) is 0 Å². The standard InChI is InChI=1S/C15H22N6OS3/c1-4-7-9-23-15-20-18-13(25-15)16-12(22)10-24-14-19-17-11(6-3)21(14)8-5-2/h5H,2,4,6-10H2,1,3H3,(H,16,18,22). The number of unbranched alkanes of at least 4 members (excludes halogenated alkanes) is 1. The molecule has 2 aromatic rings. The number of nitrogens with one attached hydrogen (secondary N) is 1. The van der Waals surface area contributed by atoms with E-state index in [0.717, 1.165) is 40.3 Å². The highest BCUT2D eigenvalue weighted by Crippen LogP contribution is 2.26. The van der Waals surface area contributed by atoms with E-state index < -0.39 is 0 Å². The van der Waals surface area contributed by atoms with Crippen molar-refractivity contribution in [3.8, 4) is 0 Å². The highest BCUT2D eigenvalue weighted by atomic mass is 32.2. The van der Waals surface area contributed by atoms with E-state index in [2.05, 4.69) is 39.2 Å². The van der Waals surface area contributed by atoms with Crippen LogP contribution in [0.15, 0.2) is 22.2 Å². The van der Waals surface area contributed by atoms with E-state index in [-0.39, 0.29) is 11.7 Å². The predicted molar refractivity (Wildman–Crippen MR) is 104 cm³/mol. The summed E-state index contributed by atoms with van der Waals surface area (Å²) in [6.45, 7) is 8.57. The van der Waals surface area contributed by atoms with Crippen LogP contribution in [0.4, 0.5) is 5.13 Å². The van der Waals surface area contributed by atoms with Crippen LogP contribution < -0.4 is 5.32 Å². The van der Waals surface area contributed by atoms with Gasteiger partial charge in [-0.15, -0.1) is 27.0 Å². The van der Waals surface area contributed by atoms with Gasteiger partial charge in [-0.2, -0.15) is 0 Å². The third kappa shape index (κ3) is 6.12. The van der Waals surface area contributed by atoms with Gasteiger partial charge in [0, 0.05) is 18.7 Å². The van der Waals surface area contributed by atoms with E-state index in [9.17, 15) is 4.79 Å². The van der Waals surface area contributed by atoms with Gasteiger partial charge in [0.1, 0.15) is 5.82 Å². The zero-order chi connectivity index (χ0) is 18.1. The average molecular weight is 399 g/mol. The molecule has 1 amide bonds. The van der Waals surface area contributed by atoms with Gasteiger partial charge in [0.2, 0.25) is 11.0 Å². The van der Waals surface area contributed by atoms with Gasteiger partial charge in [-0.05, 0) is 6.42 Å². The zero-order valence-electron chi connectivity index (χ0n) is 14.4. The van der Waals surface area contributed by atoms with E-state index in [1.807, 2.05) is 11.5 Å². The quantitative estimate of drug-likeness (QED) is 0.268. The van der Waals surface area contributed by atoms with Crippen LogP contribution >= 0.6 is 34.9 Å². The lowest BCUT2D eigenvalue weighted by Gasteiger charge is -2.06. The lowest BCUT2D eigenvalue weighted by molar-refractivity contribution is -0.113. The maximum atomic E-state index is 12.1. The Morgan fingerprint density at radius 1 is 1.28 bits per heavy atom. The van der Waals surface area contributed by atoms with Crippen LogP contribution in [0.1, 0.15) is 32.5 Å². The number of aromatic nitrogens is 5. The van der Waals surface area contributed by atoms with Crippen molar-refractivity contribution in [2.24, 2.45) is 0 Å². The molecule has 0 saturated heterocycles. The predicted octanol–water partition coefficient (Wildman–Crippen LogP) is 3.50. The number of hydrogen-bond acceptors (Lipinski definition) is 8. The third-order valence-electron chi connectivity index (χ3n) is 3.13. The highest BCUT2D eigenvalue weighted by Gasteiger charge is 2.13. The number of nitrogens with zero attached hydrogens (tertiary/aromatic N) is 5. The molecule has 0 aliphatic rings. The van der Waals surface area contributed by atoms with Crippen LogP contribution in [0.3, 0.4) is 0 Å². The monoisotopic (exact) mass is 398 g/mol. The van der Waals surface area contributed by atoms with Gasteiger partial charge in [0.05, 0.1) is 5.75 Å². The Morgan fingerprint density at radius 2 is 2.12 bits per heavy atom. The molecule has 10 heteroatoms. The molecule has 0 fully saturated rings. The molecular formula is C15H22N6OS3. The lowest BCUT2D eigenvalue weighted by atomic mass is 10.4. The number of rotatable bonds is 11. The summed E-state index contributed by atoms with van der Waals surface area (Å²) in [7, 11) is 0. The van der Waals surface area contributed by atoms with E-state index >= 15 is 0 Å². The second-order valence-electron chi connectivity index (χ2n) is 5.06. The van der Waals surface area contributed by atoms with Crippen LogP contribution in [0.5, 0.6) is 0 Å². The van der Waals surface area contributed by atoms with Crippen LogP contribution in [0.25, 0.3) is 0 Å². The topological polar surface area (TPSA) is 85.6 Å². The van der Waals surface area contributed by atoms with Crippen LogP contribution in [-0.2, 0) is 17.8 Å². The molecule has 0 saturated carbocycles. The SMILES string of the molecule is C=CCn1c(CC)nnc1SCC(=O)Nc1nnc(SCCCC)s1. The number of amides is 1. The summed E-state index contributed by atoms with van der Waals surface area (Å²) in [6, 6.07) is 0. The molecule has 0 aromatic carbocycles. The summed E-state index contributed by atoms with van der Waals surface area (Å²) in [4.78, 5) is 12.1. The molecule has 0 aliphatic carbocycles. The van der Waals surface area contributed by atoms with Crippen LogP contribution in [0, 0.1) is 0 Å². The number of carbonyl (C=O) groups excluding carboxylic acids is 1. The van der Waals surface area contributed by atoms with Crippen molar-refractivity contribution in [1.82, 2.24) is 25.0 Å². The van der Waals surface area contributed by atoms with Crippen molar-refractivity contribution in [2.75, 3.05) is 16.8 Å². The minimum absolute atomic E-state index is 0.127. The molecular weight excluding hydrogens is 376 g/mol. The molecule has 0 radical (unpaired) electrons. The van der Waals surface area contributed by atoms with Gasteiger partial charge in [0.25, 0.3) is 0 Å². The Kier molecular flexibility index (Phi) is 8.42. The van der Waals surface area contributed by atoms with E-state index in [1.165, 1.54) is 23.1 Å². The third-order valence-corrected chi connectivity index (χ3v) is 6.16. The van der Waals surface area contributed by atoms with Gasteiger partial charge in [-0.1, -0.05) is 61.2 Å². The van der Waals surface area contributed by atoms with Crippen molar-refractivity contribution >= 4 is 45.9 Å². The van der Waals surface area contributed by atoms with Gasteiger partial charge < -0.3 is 4.57 Å². The van der Waals surface area contributed by atoms with Gasteiger partial charge in [0.15, 0.2) is 9.50 Å². The number of thioether (sulfide) groups is 2. The maximum Gasteiger partial charge on any atom is 0.236 e. The largest absolute Gasteiger partial charge is 0.302 e. The Morgan fingerprint density at radius 3 is 2.84 bits per heavy atom. The Hall–Kier alpha value is -1.39. The molecule has 7 nitrogen and oxygen atoms in total. The second-order valence-corrected chi connectivity index (χ2v) is 8.33. The molecule has 2 heterocycles. The fourth-order valence-corrected chi connectivity index (χ4v) is 4.60. The van der Waals surface area contributed by atoms with Crippen molar-refractivity contribution in [3.05, 3.63) is 18.5 Å². The molecule has 2 aromatic heterocycles. The normalized spacial score (nSPS) is 10.8. The number of allylic oxidation sites excluding steroid dienone is 1. The molecule has 0 atom stereocenters. The lowest BCUT2D eigenvalue weighted by Crippen LogP contribution is -2.14. The number of carbonyl (C=O) groups is 1. The number of hydrogen-bond donors (Lipinski definition) is 1. The summed E-state index contributed by atoms with van der Waals surface area (Å²) < 4.78 is 2.85. The molecule has 0 unspecified atom stereocenters. The Labute approximate surface area is 160 Å². The first-order valence-corrected chi connectivity index (χ1v) is 10.9. The van der Waals surface area contributed by atoms with Crippen molar-refractivity contribution in [1.29, 1.82) is 0 Å². The summed E-state index contributed by atoms with van der Waals surface area (Å²) in [6.07, 6.45) is 4.89. The molecule has 1 N–H and O–H groups in total. The van der Waals surface area contributed by atoms with E-state index in [1.54, 1.807) is 17.8 Å². The number of aryl methyl sites for hydroxylation is 1. The highest BCUT2D eigenvalue weighted by molar-refractivity contribution is 8.01. The average Bonchev–Trinajstić information content (AvgIpc) is 3.20. The van der Waals surface area contributed by atoms with Crippen molar-refractivity contribution in [2.45, 2.75) is 49.2 Å². The smallest absolute Gasteiger partial charge is 0.236 e. The fourth-order valence-electron chi connectivity index (χ4n) is 1.91. The fraction of sp³-hybridized carbons (Fsp3) is 0.533.